The van der Waals surface area contributed by atoms with E-state index < -0.39 is 16.1 Å². The van der Waals surface area contributed by atoms with Gasteiger partial charge in [-0.15, -0.1) is 4.83 Å². The maximum atomic E-state index is 12.4. The Bertz CT molecular complexity index is 918. The quantitative estimate of drug-likeness (QED) is 0.647. The summed E-state index contributed by atoms with van der Waals surface area (Å²) in [5.74, 6) is 0.507. The first-order chi connectivity index (χ1) is 12.3. The van der Waals surface area contributed by atoms with E-state index >= 15 is 0 Å². The summed E-state index contributed by atoms with van der Waals surface area (Å²) < 4.78 is 34.9. The minimum Gasteiger partial charge on any atom is -0.497 e. The molecule has 0 aliphatic heterocycles. The normalized spacial score (nSPS) is 10.9. The number of urea groups is 1. The Kier molecular flexibility index (Phi) is 6.30. The Morgan fingerprint density at radius 3 is 2.50 bits per heavy atom. The third-order valence-corrected chi connectivity index (χ3v) is 5.17. The van der Waals surface area contributed by atoms with E-state index in [4.69, 9.17) is 21.1 Å². The van der Waals surface area contributed by atoms with Gasteiger partial charge in [-0.05, 0) is 36.8 Å². The van der Waals surface area contributed by atoms with E-state index in [1.165, 1.54) is 32.4 Å². The van der Waals surface area contributed by atoms with Crippen LogP contribution in [0.1, 0.15) is 5.56 Å². The number of halogens is 1. The molecule has 26 heavy (non-hydrogen) atoms. The Morgan fingerprint density at radius 1 is 1.12 bits per heavy atom. The van der Waals surface area contributed by atoms with Crippen LogP contribution < -0.4 is 25.0 Å². The number of ether oxygens (including phenoxy) is 2. The average Bonchev–Trinajstić information content (AvgIpc) is 2.63. The van der Waals surface area contributed by atoms with Crippen LogP contribution in [0.5, 0.6) is 11.5 Å². The highest BCUT2D eigenvalue weighted by molar-refractivity contribution is 7.89. The lowest BCUT2D eigenvalue weighted by Gasteiger charge is -2.14. The summed E-state index contributed by atoms with van der Waals surface area (Å²) >= 11 is 5.98. The first kappa shape index (κ1) is 19.8. The number of methoxy groups -OCH3 is 2. The van der Waals surface area contributed by atoms with Gasteiger partial charge in [-0.2, -0.15) is 0 Å². The Morgan fingerprint density at radius 2 is 1.85 bits per heavy atom. The van der Waals surface area contributed by atoms with Gasteiger partial charge in [0, 0.05) is 16.8 Å². The zero-order chi connectivity index (χ0) is 19.3. The molecule has 0 bridgehead atoms. The number of anilines is 1. The number of hydrogen-bond acceptors (Lipinski definition) is 5. The standard InChI is InChI=1S/C16H18ClN3O5S/c1-10-12(17)5-4-6-13(10)18-16(21)19-20-26(22,23)15-8-7-11(24-2)9-14(15)25-3/h4-9,20H,1-3H3,(H2,18,19,21). The number of hydrazine groups is 1. The zero-order valence-corrected chi connectivity index (χ0v) is 15.9. The predicted octanol–water partition coefficient (Wildman–Crippen LogP) is 2.68. The molecule has 2 aromatic rings. The highest BCUT2D eigenvalue weighted by Gasteiger charge is 2.21. The summed E-state index contributed by atoms with van der Waals surface area (Å²) in [6.07, 6.45) is 0. The molecule has 0 aromatic heterocycles. The molecule has 0 saturated carbocycles. The van der Waals surface area contributed by atoms with Gasteiger partial charge >= 0.3 is 6.03 Å². The monoisotopic (exact) mass is 399 g/mol. The number of carbonyl (C=O) groups is 1. The van der Waals surface area contributed by atoms with Crippen molar-refractivity contribution in [2.45, 2.75) is 11.8 Å². The Labute approximate surface area is 156 Å². The summed E-state index contributed by atoms with van der Waals surface area (Å²) in [4.78, 5) is 13.8. The van der Waals surface area contributed by atoms with Crippen molar-refractivity contribution in [3.05, 3.63) is 47.0 Å². The van der Waals surface area contributed by atoms with Gasteiger partial charge in [0.05, 0.1) is 14.2 Å². The van der Waals surface area contributed by atoms with E-state index in [1.807, 2.05) is 4.83 Å². The molecule has 0 unspecified atom stereocenters. The minimum atomic E-state index is -4.06. The van der Waals surface area contributed by atoms with Crippen LogP contribution in [-0.4, -0.2) is 28.7 Å². The lowest BCUT2D eigenvalue weighted by atomic mass is 10.2. The van der Waals surface area contributed by atoms with Crippen LogP contribution in [-0.2, 0) is 10.0 Å². The highest BCUT2D eigenvalue weighted by atomic mass is 35.5. The third-order valence-electron chi connectivity index (χ3n) is 3.48. The molecule has 0 saturated heterocycles. The van der Waals surface area contributed by atoms with E-state index in [9.17, 15) is 13.2 Å². The van der Waals surface area contributed by atoms with Crippen molar-refractivity contribution in [3.63, 3.8) is 0 Å². The zero-order valence-electron chi connectivity index (χ0n) is 14.3. The molecule has 0 fully saturated rings. The number of hydrogen-bond donors (Lipinski definition) is 3. The van der Waals surface area contributed by atoms with E-state index in [0.717, 1.165) is 0 Å². The second-order valence-electron chi connectivity index (χ2n) is 5.11. The van der Waals surface area contributed by atoms with Gasteiger partial charge in [0.15, 0.2) is 0 Å². The highest BCUT2D eigenvalue weighted by Crippen LogP contribution is 2.28. The molecule has 3 N–H and O–H groups in total. The summed E-state index contributed by atoms with van der Waals surface area (Å²) in [7, 11) is -1.28. The van der Waals surface area contributed by atoms with Crippen LogP contribution in [0, 0.1) is 6.92 Å². The SMILES string of the molecule is COc1ccc(S(=O)(=O)NNC(=O)Nc2cccc(Cl)c2C)c(OC)c1. The topological polar surface area (TPSA) is 106 Å². The van der Waals surface area contributed by atoms with Crippen LogP contribution in [0.2, 0.25) is 5.02 Å². The smallest absolute Gasteiger partial charge is 0.334 e. The fraction of sp³-hybridized carbons (Fsp3) is 0.188. The molecule has 0 spiro atoms. The van der Waals surface area contributed by atoms with Crippen molar-refractivity contribution in [2.24, 2.45) is 0 Å². The molecule has 0 atom stereocenters. The van der Waals surface area contributed by atoms with E-state index in [2.05, 4.69) is 10.7 Å². The Hall–Kier alpha value is -2.49. The van der Waals surface area contributed by atoms with Gasteiger partial charge in [-0.3, -0.25) is 5.43 Å². The molecule has 140 valence electrons. The van der Waals surface area contributed by atoms with Gasteiger partial charge in [-0.25, -0.2) is 13.2 Å². The third kappa shape index (κ3) is 4.57. The van der Waals surface area contributed by atoms with Crippen molar-refractivity contribution >= 4 is 33.3 Å². The molecule has 0 aliphatic carbocycles. The number of nitrogens with one attached hydrogen (secondary N) is 3. The van der Waals surface area contributed by atoms with Gasteiger partial charge in [0.2, 0.25) is 0 Å². The molecule has 2 amide bonds. The van der Waals surface area contributed by atoms with Gasteiger partial charge in [0.25, 0.3) is 10.0 Å². The van der Waals surface area contributed by atoms with Crippen LogP contribution in [0.15, 0.2) is 41.3 Å². The number of amides is 2. The summed E-state index contributed by atoms with van der Waals surface area (Å²) in [6, 6.07) is 8.40. The summed E-state index contributed by atoms with van der Waals surface area (Å²) in [6.45, 7) is 1.73. The van der Waals surface area contributed by atoms with Crippen LogP contribution in [0.25, 0.3) is 0 Å². The predicted molar refractivity (Wildman–Crippen MR) is 98.2 cm³/mol. The number of rotatable bonds is 6. The molecule has 0 heterocycles. The van der Waals surface area contributed by atoms with Gasteiger partial charge < -0.3 is 14.8 Å². The number of carbonyl (C=O) groups excluding carboxylic acids is 1. The molecule has 2 rings (SSSR count). The van der Waals surface area contributed by atoms with Crippen molar-refractivity contribution in [1.82, 2.24) is 10.3 Å². The molecule has 8 nitrogen and oxygen atoms in total. The summed E-state index contributed by atoms with van der Waals surface area (Å²) in [5.41, 5.74) is 3.19. The molecule has 10 heteroatoms. The fourth-order valence-corrected chi connectivity index (χ4v) is 3.23. The molecular formula is C16H18ClN3O5S. The number of sulfonamides is 1. The van der Waals surface area contributed by atoms with Gasteiger partial charge in [-0.1, -0.05) is 17.7 Å². The van der Waals surface area contributed by atoms with Crippen LogP contribution in [0.3, 0.4) is 0 Å². The lowest BCUT2D eigenvalue weighted by molar-refractivity contribution is 0.250. The van der Waals surface area contributed by atoms with E-state index in [1.54, 1.807) is 25.1 Å². The van der Waals surface area contributed by atoms with Crippen molar-refractivity contribution in [2.75, 3.05) is 19.5 Å². The Balaban J connectivity index is 2.10. The van der Waals surface area contributed by atoms with Crippen LogP contribution >= 0.6 is 11.6 Å². The van der Waals surface area contributed by atoms with Crippen molar-refractivity contribution in [3.8, 4) is 11.5 Å². The maximum absolute atomic E-state index is 12.4. The van der Waals surface area contributed by atoms with Gasteiger partial charge in [0.1, 0.15) is 16.4 Å². The average molecular weight is 400 g/mol. The molecule has 0 aliphatic rings. The fourth-order valence-electron chi connectivity index (χ4n) is 2.06. The first-order valence-corrected chi connectivity index (χ1v) is 9.20. The largest absolute Gasteiger partial charge is 0.497 e. The molecular weight excluding hydrogens is 382 g/mol. The minimum absolute atomic E-state index is 0.0738. The second-order valence-corrected chi connectivity index (χ2v) is 7.17. The molecule has 2 aromatic carbocycles. The van der Waals surface area contributed by atoms with Crippen LogP contribution in [0.4, 0.5) is 10.5 Å². The number of benzene rings is 2. The van der Waals surface area contributed by atoms with Crippen molar-refractivity contribution in [1.29, 1.82) is 0 Å². The summed E-state index contributed by atoms with van der Waals surface area (Å²) in [5, 5.41) is 2.99. The second kappa shape index (κ2) is 8.26. The lowest BCUT2D eigenvalue weighted by Crippen LogP contribution is -2.43. The molecule has 0 radical (unpaired) electrons. The van der Waals surface area contributed by atoms with E-state index in [-0.39, 0.29) is 10.6 Å². The van der Waals surface area contributed by atoms with E-state index in [0.29, 0.717) is 22.0 Å². The first-order valence-electron chi connectivity index (χ1n) is 7.34. The maximum Gasteiger partial charge on any atom is 0.334 e. The van der Waals surface area contributed by atoms with Crippen molar-refractivity contribution < 1.29 is 22.7 Å².